The molecule has 6 nitrogen and oxygen atoms in total. The Kier molecular flexibility index (Phi) is 6.58. The zero-order valence-corrected chi connectivity index (χ0v) is 17.0. The lowest BCUT2D eigenvalue weighted by molar-refractivity contribution is -0.141. The van der Waals surface area contributed by atoms with Crippen molar-refractivity contribution in [1.29, 1.82) is 0 Å². The van der Waals surface area contributed by atoms with Crippen LogP contribution in [0.15, 0.2) is 11.6 Å². The van der Waals surface area contributed by atoms with Gasteiger partial charge in [0.25, 0.3) is 0 Å². The molecular weight excluding hydrogens is 342 g/mol. The molecule has 3 rings (SSSR count). The highest BCUT2D eigenvalue weighted by Crippen LogP contribution is 2.39. The summed E-state index contributed by atoms with van der Waals surface area (Å²) in [6.45, 7) is 9.65. The smallest absolute Gasteiger partial charge is 0.224 e. The number of piperidine rings is 2. The van der Waals surface area contributed by atoms with Crippen LogP contribution >= 0.6 is 0 Å². The van der Waals surface area contributed by atoms with Crippen LogP contribution in [0.25, 0.3) is 0 Å². The first-order valence-electron chi connectivity index (χ1n) is 10.5. The second kappa shape index (κ2) is 8.74. The predicted octanol–water partition coefficient (Wildman–Crippen LogP) is 1.64. The van der Waals surface area contributed by atoms with Gasteiger partial charge in [0.2, 0.25) is 11.8 Å². The first-order chi connectivity index (χ1) is 12.9. The van der Waals surface area contributed by atoms with Crippen molar-refractivity contribution >= 4 is 11.8 Å². The average Bonchev–Trinajstić information content (AvgIpc) is 3.06. The van der Waals surface area contributed by atoms with Crippen molar-refractivity contribution < 1.29 is 14.7 Å². The summed E-state index contributed by atoms with van der Waals surface area (Å²) in [5, 5.41) is 10.8. The SMILES string of the molecule is CC(C)=CCN1CC[C@@H](O)[C@]2(CCCN(C(=O)CCN3CCCC3=O)C2)C1. The van der Waals surface area contributed by atoms with Gasteiger partial charge in [-0.2, -0.15) is 0 Å². The van der Waals surface area contributed by atoms with E-state index in [0.717, 1.165) is 58.4 Å². The third kappa shape index (κ3) is 4.91. The maximum absolute atomic E-state index is 12.8. The van der Waals surface area contributed by atoms with Gasteiger partial charge in [-0.3, -0.25) is 14.5 Å². The number of amides is 2. The summed E-state index contributed by atoms with van der Waals surface area (Å²) in [6, 6.07) is 0. The number of rotatable bonds is 5. The number of likely N-dealkylation sites (tertiary alicyclic amines) is 3. The van der Waals surface area contributed by atoms with Gasteiger partial charge in [0.1, 0.15) is 0 Å². The number of hydrogen-bond donors (Lipinski definition) is 1. The van der Waals surface area contributed by atoms with Gasteiger partial charge in [-0.15, -0.1) is 0 Å². The molecular formula is C21H35N3O3. The summed E-state index contributed by atoms with van der Waals surface area (Å²) < 4.78 is 0. The fourth-order valence-electron chi connectivity index (χ4n) is 4.81. The average molecular weight is 378 g/mol. The van der Waals surface area contributed by atoms with E-state index in [9.17, 15) is 14.7 Å². The lowest BCUT2D eigenvalue weighted by Crippen LogP contribution is -2.59. The number of carbonyl (C=O) groups is 2. The fraction of sp³-hybridized carbons (Fsp3) is 0.810. The van der Waals surface area contributed by atoms with Crippen molar-refractivity contribution in [1.82, 2.24) is 14.7 Å². The number of nitrogens with zero attached hydrogens (tertiary/aromatic N) is 3. The van der Waals surface area contributed by atoms with Gasteiger partial charge >= 0.3 is 0 Å². The van der Waals surface area contributed by atoms with Crippen LogP contribution in [0.2, 0.25) is 0 Å². The van der Waals surface area contributed by atoms with Gasteiger partial charge in [-0.1, -0.05) is 11.6 Å². The highest BCUT2D eigenvalue weighted by atomic mass is 16.3. The van der Waals surface area contributed by atoms with Gasteiger partial charge in [0.15, 0.2) is 0 Å². The van der Waals surface area contributed by atoms with Crippen LogP contribution in [-0.4, -0.2) is 83.5 Å². The van der Waals surface area contributed by atoms with Crippen molar-refractivity contribution in [2.75, 3.05) is 45.8 Å². The van der Waals surface area contributed by atoms with Crippen molar-refractivity contribution in [2.45, 2.75) is 58.5 Å². The molecule has 3 aliphatic heterocycles. The Morgan fingerprint density at radius 3 is 2.74 bits per heavy atom. The highest BCUT2D eigenvalue weighted by molar-refractivity contribution is 5.80. The minimum absolute atomic E-state index is 0.127. The van der Waals surface area contributed by atoms with E-state index in [1.54, 1.807) is 0 Å². The monoisotopic (exact) mass is 377 g/mol. The lowest BCUT2D eigenvalue weighted by atomic mass is 9.71. The van der Waals surface area contributed by atoms with E-state index in [1.807, 2.05) is 9.80 Å². The van der Waals surface area contributed by atoms with Crippen molar-refractivity contribution in [2.24, 2.45) is 5.41 Å². The van der Waals surface area contributed by atoms with E-state index in [2.05, 4.69) is 24.8 Å². The largest absolute Gasteiger partial charge is 0.392 e. The Morgan fingerprint density at radius 1 is 1.22 bits per heavy atom. The van der Waals surface area contributed by atoms with E-state index in [-0.39, 0.29) is 23.3 Å². The summed E-state index contributed by atoms with van der Waals surface area (Å²) in [4.78, 5) is 30.7. The van der Waals surface area contributed by atoms with Gasteiger partial charge in [0.05, 0.1) is 6.10 Å². The third-order valence-corrected chi connectivity index (χ3v) is 6.45. The molecule has 0 aromatic rings. The number of aliphatic hydroxyl groups is 1. The Bertz CT molecular complexity index is 587. The third-order valence-electron chi connectivity index (χ3n) is 6.45. The molecule has 27 heavy (non-hydrogen) atoms. The van der Waals surface area contributed by atoms with Crippen LogP contribution in [0.1, 0.15) is 52.4 Å². The minimum Gasteiger partial charge on any atom is -0.392 e. The molecule has 2 amide bonds. The molecule has 152 valence electrons. The van der Waals surface area contributed by atoms with Crippen molar-refractivity contribution in [3.63, 3.8) is 0 Å². The molecule has 3 heterocycles. The van der Waals surface area contributed by atoms with Crippen LogP contribution in [0.3, 0.4) is 0 Å². The molecule has 2 atom stereocenters. The maximum atomic E-state index is 12.8. The topological polar surface area (TPSA) is 64.1 Å². The van der Waals surface area contributed by atoms with Gasteiger partial charge in [-0.05, 0) is 39.5 Å². The Labute approximate surface area is 163 Å². The number of aliphatic hydroxyl groups excluding tert-OH is 1. The summed E-state index contributed by atoms with van der Waals surface area (Å²) in [5.74, 6) is 0.304. The first kappa shape index (κ1) is 20.3. The van der Waals surface area contributed by atoms with Crippen molar-refractivity contribution in [3.8, 4) is 0 Å². The fourth-order valence-corrected chi connectivity index (χ4v) is 4.81. The standard InChI is InChI=1S/C21H35N3O3/c1-17(2)6-12-22-13-7-18(25)21(15-22)9-4-11-24(16-21)20(27)8-14-23-10-3-5-19(23)26/h6,18,25H,3-5,7-16H2,1-2H3/t18-,21-/m1/s1. The molecule has 1 N–H and O–H groups in total. The number of carbonyl (C=O) groups excluding carboxylic acids is 2. The van der Waals surface area contributed by atoms with Crippen LogP contribution in [0, 0.1) is 5.41 Å². The lowest BCUT2D eigenvalue weighted by Gasteiger charge is -2.51. The molecule has 0 aliphatic carbocycles. The molecule has 0 aromatic carbocycles. The summed E-state index contributed by atoms with van der Waals surface area (Å²) in [7, 11) is 0. The van der Waals surface area contributed by atoms with E-state index in [0.29, 0.717) is 25.9 Å². The zero-order chi connectivity index (χ0) is 19.4. The van der Waals surface area contributed by atoms with Gasteiger partial charge in [0, 0.05) is 64.1 Å². The van der Waals surface area contributed by atoms with Gasteiger partial charge in [-0.25, -0.2) is 0 Å². The molecule has 1 spiro atoms. The number of hydrogen-bond acceptors (Lipinski definition) is 4. The molecule has 0 saturated carbocycles. The van der Waals surface area contributed by atoms with Crippen LogP contribution in [0.5, 0.6) is 0 Å². The molecule has 3 aliphatic rings. The molecule has 6 heteroatoms. The van der Waals surface area contributed by atoms with E-state index >= 15 is 0 Å². The quantitative estimate of drug-likeness (QED) is 0.740. The molecule has 0 unspecified atom stereocenters. The highest BCUT2D eigenvalue weighted by Gasteiger charge is 2.46. The molecule has 0 aromatic heterocycles. The van der Waals surface area contributed by atoms with Gasteiger partial charge < -0.3 is 14.9 Å². The van der Waals surface area contributed by atoms with Crippen LogP contribution < -0.4 is 0 Å². The van der Waals surface area contributed by atoms with E-state index < -0.39 is 0 Å². The Balaban J connectivity index is 1.58. The molecule has 0 bridgehead atoms. The molecule has 3 saturated heterocycles. The van der Waals surface area contributed by atoms with E-state index in [1.165, 1.54) is 5.57 Å². The second-order valence-corrected chi connectivity index (χ2v) is 8.84. The zero-order valence-electron chi connectivity index (χ0n) is 17.0. The van der Waals surface area contributed by atoms with Crippen LogP contribution in [-0.2, 0) is 9.59 Å². The van der Waals surface area contributed by atoms with Crippen LogP contribution in [0.4, 0.5) is 0 Å². The Hall–Kier alpha value is -1.40. The molecule has 0 radical (unpaired) electrons. The summed E-state index contributed by atoms with van der Waals surface area (Å²) in [5.41, 5.74) is 1.11. The normalized spacial score (nSPS) is 29.4. The summed E-state index contributed by atoms with van der Waals surface area (Å²) >= 11 is 0. The number of allylic oxidation sites excluding steroid dienone is 1. The molecule has 3 fully saturated rings. The minimum atomic E-state index is -0.337. The van der Waals surface area contributed by atoms with E-state index in [4.69, 9.17) is 0 Å². The predicted molar refractivity (Wildman–Crippen MR) is 105 cm³/mol. The first-order valence-corrected chi connectivity index (χ1v) is 10.5. The Morgan fingerprint density at radius 2 is 2.04 bits per heavy atom. The van der Waals surface area contributed by atoms with Crippen molar-refractivity contribution in [3.05, 3.63) is 11.6 Å². The second-order valence-electron chi connectivity index (χ2n) is 8.84. The maximum Gasteiger partial charge on any atom is 0.224 e. The summed E-state index contributed by atoms with van der Waals surface area (Å²) in [6.07, 6.45) is 6.54.